The highest BCUT2D eigenvalue weighted by Crippen LogP contribution is 2.12. The van der Waals surface area contributed by atoms with Gasteiger partial charge < -0.3 is 10.1 Å². The number of amides is 1. The fourth-order valence-corrected chi connectivity index (χ4v) is 2.25. The molecule has 0 spiro atoms. The van der Waals surface area contributed by atoms with Crippen molar-refractivity contribution in [3.8, 4) is 0 Å². The molecule has 0 bridgehead atoms. The SMILES string of the molecule is O=C(NC[C@H]1CCCCO1)C(=O)c1ccc(Br)cc1. The highest BCUT2D eigenvalue weighted by atomic mass is 79.9. The van der Waals surface area contributed by atoms with E-state index in [1.165, 1.54) is 0 Å². The Balaban J connectivity index is 1.85. The summed E-state index contributed by atoms with van der Waals surface area (Å²) in [5.74, 6) is -1.08. The second-order valence-electron chi connectivity index (χ2n) is 4.53. The van der Waals surface area contributed by atoms with Gasteiger partial charge in [0, 0.05) is 23.2 Å². The molecule has 1 N–H and O–H groups in total. The predicted octanol–water partition coefficient (Wildman–Crippen LogP) is 2.32. The molecule has 4 nitrogen and oxygen atoms in total. The summed E-state index contributed by atoms with van der Waals surface area (Å²) >= 11 is 3.29. The number of Topliss-reactive ketones (excluding diaryl/α,β-unsaturated/α-hetero) is 1. The van der Waals surface area contributed by atoms with Gasteiger partial charge in [-0.3, -0.25) is 9.59 Å². The minimum atomic E-state index is -0.573. The topological polar surface area (TPSA) is 55.4 Å². The number of hydrogen-bond donors (Lipinski definition) is 1. The largest absolute Gasteiger partial charge is 0.376 e. The first-order valence-electron chi connectivity index (χ1n) is 6.36. The minimum Gasteiger partial charge on any atom is -0.376 e. The van der Waals surface area contributed by atoms with Crippen LogP contribution in [0.4, 0.5) is 0 Å². The van der Waals surface area contributed by atoms with E-state index in [9.17, 15) is 9.59 Å². The zero-order valence-corrected chi connectivity index (χ0v) is 12.1. The molecule has 0 saturated carbocycles. The van der Waals surface area contributed by atoms with Crippen LogP contribution in [0.2, 0.25) is 0 Å². The van der Waals surface area contributed by atoms with Gasteiger partial charge in [-0.05, 0) is 43.5 Å². The van der Waals surface area contributed by atoms with Gasteiger partial charge in [-0.15, -0.1) is 0 Å². The fourth-order valence-electron chi connectivity index (χ4n) is 1.99. The van der Waals surface area contributed by atoms with Gasteiger partial charge in [0.2, 0.25) is 5.78 Å². The Morgan fingerprint density at radius 3 is 2.63 bits per heavy atom. The van der Waals surface area contributed by atoms with Crippen LogP contribution in [0.5, 0.6) is 0 Å². The maximum absolute atomic E-state index is 11.9. The number of carbonyl (C=O) groups excluding carboxylic acids is 2. The third-order valence-corrected chi connectivity index (χ3v) is 3.61. The first-order valence-corrected chi connectivity index (χ1v) is 7.16. The molecule has 1 aliphatic heterocycles. The van der Waals surface area contributed by atoms with Gasteiger partial charge in [0.15, 0.2) is 0 Å². The van der Waals surface area contributed by atoms with Gasteiger partial charge in [-0.25, -0.2) is 0 Å². The molecule has 1 heterocycles. The molecule has 2 rings (SSSR count). The third-order valence-electron chi connectivity index (χ3n) is 3.08. The summed E-state index contributed by atoms with van der Waals surface area (Å²) in [6.07, 6.45) is 3.16. The van der Waals surface area contributed by atoms with Crippen LogP contribution in [-0.4, -0.2) is 30.9 Å². The number of nitrogens with one attached hydrogen (secondary N) is 1. The second kappa shape index (κ2) is 6.82. The van der Waals surface area contributed by atoms with E-state index in [1.54, 1.807) is 24.3 Å². The second-order valence-corrected chi connectivity index (χ2v) is 5.45. The van der Waals surface area contributed by atoms with Gasteiger partial charge in [0.1, 0.15) is 0 Å². The number of hydrogen-bond acceptors (Lipinski definition) is 3. The summed E-state index contributed by atoms with van der Waals surface area (Å²) in [5.41, 5.74) is 0.394. The molecule has 1 aliphatic rings. The first-order chi connectivity index (χ1) is 9.16. The Kier molecular flexibility index (Phi) is 5.10. The van der Waals surface area contributed by atoms with Gasteiger partial charge in [-0.1, -0.05) is 15.9 Å². The summed E-state index contributed by atoms with van der Waals surface area (Å²) in [7, 11) is 0. The molecule has 102 valence electrons. The van der Waals surface area contributed by atoms with Crippen LogP contribution >= 0.6 is 15.9 Å². The number of benzene rings is 1. The number of halogens is 1. The van der Waals surface area contributed by atoms with Gasteiger partial charge in [0.25, 0.3) is 5.91 Å². The lowest BCUT2D eigenvalue weighted by molar-refractivity contribution is -0.117. The predicted molar refractivity (Wildman–Crippen MR) is 75.1 cm³/mol. The molecule has 0 aliphatic carbocycles. The third kappa shape index (κ3) is 4.14. The van der Waals surface area contributed by atoms with Crippen LogP contribution in [0.1, 0.15) is 29.6 Å². The zero-order valence-electron chi connectivity index (χ0n) is 10.5. The fraction of sp³-hybridized carbons (Fsp3) is 0.429. The Morgan fingerprint density at radius 1 is 1.26 bits per heavy atom. The standard InChI is InChI=1S/C14H16BrNO3/c15-11-6-4-10(5-7-11)13(17)14(18)16-9-12-3-1-2-8-19-12/h4-7,12H,1-3,8-9H2,(H,16,18)/t12-/m1/s1. The molecule has 1 saturated heterocycles. The van der Waals surface area contributed by atoms with E-state index in [0.717, 1.165) is 30.3 Å². The highest BCUT2D eigenvalue weighted by Gasteiger charge is 2.19. The van der Waals surface area contributed by atoms with Crippen molar-refractivity contribution in [1.29, 1.82) is 0 Å². The van der Waals surface area contributed by atoms with E-state index in [0.29, 0.717) is 12.1 Å². The van der Waals surface area contributed by atoms with Crippen molar-refractivity contribution in [2.75, 3.05) is 13.2 Å². The van der Waals surface area contributed by atoms with E-state index < -0.39 is 11.7 Å². The Bertz CT molecular complexity index is 452. The van der Waals surface area contributed by atoms with E-state index in [1.807, 2.05) is 0 Å². The van der Waals surface area contributed by atoms with Gasteiger partial charge in [-0.2, -0.15) is 0 Å². The maximum atomic E-state index is 11.9. The van der Waals surface area contributed by atoms with E-state index in [-0.39, 0.29) is 6.10 Å². The van der Waals surface area contributed by atoms with E-state index in [4.69, 9.17) is 4.74 Å². The van der Waals surface area contributed by atoms with Crippen molar-refractivity contribution in [1.82, 2.24) is 5.32 Å². The Morgan fingerprint density at radius 2 is 2.00 bits per heavy atom. The highest BCUT2D eigenvalue weighted by molar-refractivity contribution is 9.10. The Hall–Kier alpha value is -1.20. The summed E-state index contributed by atoms with van der Waals surface area (Å²) in [6.45, 7) is 1.14. The summed E-state index contributed by atoms with van der Waals surface area (Å²) < 4.78 is 6.37. The first kappa shape index (κ1) is 14.2. The van der Waals surface area contributed by atoms with Crippen molar-refractivity contribution >= 4 is 27.6 Å². The van der Waals surface area contributed by atoms with Crippen molar-refractivity contribution < 1.29 is 14.3 Å². The van der Waals surface area contributed by atoms with Gasteiger partial charge in [0.05, 0.1) is 6.10 Å². The molecule has 1 aromatic carbocycles. The molecule has 0 aromatic heterocycles. The molecule has 1 fully saturated rings. The molecule has 1 atom stereocenters. The molecule has 0 radical (unpaired) electrons. The molecular formula is C14H16BrNO3. The molecule has 5 heteroatoms. The number of carbonyl (C=O) groups is 2. The van der Waals surface area contributed by atoms with Crippen LogP contribution < -0.4 is 5.32 Å². The summed E-state index contributed by atoms with van der Waals surface area (Å²) in [6, 6.07) is 6.74. The maximum Gasteiger partial charge on any atom is 0.292 e. The Labute approximate surface area is 120 Å². The van der Waals surface area contributed by atoms with E-state index in [2.05, 4.69) is 21.2 Å². The smallest absolute Gasteiger partial charge is 0.292 e. The van der Waals surface area contributed by atoms with Crippen molar-refractivity contribution in [3.05, 3.63) is 34.3 Å². The van der Waals surface area contributed by atoms with Crippen LogP contribution in [-0.2, 0) is 9.53 Å². The van der Waals surface area contributed by atoms with Crippen LogP contribution in [0.25, 0.3) is 0 Å². The number of ketones is 1. The lowest BCUT2D eigenvalue weighted by Crippen LogP contribution is -2.38. The van der Waals surface area contributed by atoms with Crippen LogP contribution in [0.3, 0.4) is 0 Å². The number of rotatable bonds is 4. The van der Waals surface area contributed by atoms with Crippen molar-refractivity contribution in [2.24, 2.45) is 0 Å². The van der Waals surface area contributed by atoms with Crippen LogP contribution in [0, 0.1) is 0 Å². The van der Waals surface area contributed by atoms with Gasteiger partial charge >= 0.3 is 0 Å². The molecular weight excluding hydrogens is 310 g/mol. The normalized spacial score (nSPS) is 18.9. The van der Waals surface area contributed by atoms with Crippen LogP contribution in [0.15, 0.2) is 28.7 Å². The average Bonchev–Trinajstić information content (AvgIpc) is 2.46. The molecule has 19 heavy (non-hydrogen) atoms. The lowest BCUT2D eigenvalue weighted by Gasteiger charge is -2.22. The summed E-state index contributed by atoms with van der Waals surface area (Å²) in [4.78, 5) is 23.6. The molecule has 1 aromatic rings. The number of ether oxygens (including phenoxy) is 1. The summed E-state index contributed by atoms with van der Waals surface area (Å²) in [5, 5.41) is 2.64. The van der Waals surface area contributed by atoms with E-state index >= 15 is 0 Å². The quantitative estimate of drug-likeness (QED) is 0.682. The van der Waals surface area contributed by atoms with Crippen molar-refractivity contribution in [2.45, 2.75) is 25.4 Å². The lowest BCUT2D eigenvalue weighted by atomic mass is 10.1. The minimum absolute atomic E-state index is 0.0374. The molecule has 1 amide bonds. The van der Waals surface area contributed by atoms with Crippen molar-refractivity contribution in [3.63, 3.8) is 0 Å². The molecule has 0 unspecified atom stereocenters. The zero-order chi connectivity index (χ0) is 13.7. The monoisotopic (exact) mass is 325 g/mol. The average molecular weight is 326 g/mol.